The zero-order valence-corrected chi connectivity index (χ0v) is 5.98. The molecule has 0 heterocycles. The fourth-order valence-electron chi connectivity index (χ4n) is 1.02. The smallest absolute Gasteiger partial charge is 0.0205 e. The first-order chi connectivity index (χ1) is 4.39. The Morgan fingerprint density at radius 1 is 1.44 bits per heavy atom. The molecule has 1 unspecified atom stereocenters. The van der Waals surface area contributed by atoms with Crippen LogP contribution in [0.25, 0.3) is 0 Å². The first kappa shape index (κ1) is 6.68. The monoisotopic (exact) mass is 121 g/mol. The molecule has 1 atom stereocenters. The fraction of sp³-hybridized carbons (Fsp3) is 0.667. The van der Waals surface area contributed by atoms with Crippen molar-refractivity contribution in [2.45, 2.75) is 32.6 Å². The van der Waals surface area contributed by atoms with Crippen LogP contribution in [0.2, 0.25) is 0 Å². The molecule has 0 N–H and O–H groups in total. The van der Waals surface area contributed by atoms with Crippen molar-refractivity contribution in [3.8, 4) is 11.8 Å². The lowest BCUT2D eigenvalue weighted by Gasteiger charge is -2.04. The largest absolute Gasteiger partial charge is 0.103 e. The highest BCUT2D eigenvalue weighted by Crippen LogP contribution is 2.10. The van der Waals surface area contributed by atoms with Gasteiger partial charge in [-0.2, -0.15) is 0 Å². The molecule has 0 aromatic heterocycles. The zero-order chi connectivity index (χ0) is 6.53. The average Bonchev–Trinajstić information content (AvgIpc) is 1.79. The van der Waals surface area contributed by atoms with Gasteiger partial charge in [-0.1, -0.05) is 19.3 Å². The zero-order valence-electron chi connectivity index (χ0n) is 5.98. The summed E-state index contributed by atoms with van der Waals surface area (Å²) in [5, 5.41) is 0. The van der Waals surface area contributed by atoms with E-state index >= 15 is 0 Å². The summed E-state index contributed by atoms with van der Waals surface area (Å²) in [7, 11) is 0. The van der Waals surface area contributed by atoms with Crippen molar-refractivity contribution in [3.63, 3.8) is 0 Å². The number of hydrogen-bond donors (Lipinski definition) is 0. The van der Waals surface area contributed by atoms with E-state index in [9.17, 15) is 0 Å². The summed E-state index contributed by atoms with van der Waals surface area (Å²) in [6.45, 7) is 2.16. The third-order valence-corrected chi connectivity index (χ3v) is 1.61. The minimum absolute atomic E-state index is 0.533. The molecular formula is C9H13. The maximum Gasteiger partial charge on any atom is 0.0205 e. The van der Waals surface area contributed by atoms with Crippen LogP contribution in [0.15, 0.2) is 0 Å². The van der Waals surface area contributed by atoms with Crippen LogP contribution >= 0.6 is 0 Å². The van der Waals surface area contributed by atoms with E-state index in [2.05, 4.69) is 25.2 Å². The quantitative estimate of drug-likeness (QED) is 0.432. The van der Waals surface area contributed by atoms with E-state index in [0.29, 0.717) is 5.92 Å². The third-order valence-electron chi connectivity index (χ3n) is 1.61. The van der Waals surface area contributed by atoms with Crippen molar-refractivity contribution < 1.29 is 0 Å². The van der Waals surface area contributed by atoms with Gasteiger partial charge in [0.1, 0.15) is 0 Å². The Morgan fingerprint density at radius 3 is 3.22 bits per heavy atom. The van der Waals surface area contributed by atoms with Gasteiger partial charge in [-0.25, -0.2) is 0 Å². The Balaban J connectivity index is 2.37. The first-order valence-electron chi connectivity index (χ1n) is 3.71. The Hall–Kier alpha value is -0.440. The van der Waals surface area contributed by atoms with E-state index < -0.39 is 0 Å². The Morgan fingerprint density at radius 2 is 2.33 bits per heavy atom. The van der Waals surface area contributed by atoms with Gasteiger partial charge in [0.25, 0.3) is 0 Å². The first-order valence-corrected chi connectivity index (χ1v) is 3.71. The third kappa shape index (κ3) is 2.56. The molecule has 0 bridgehead atoms. The molecule has 0 fully saturated rings. The second-order valence-corrected chi connectivity index (χ2v) is 2.59. The lowest BCUT2D eigenvalue weighted by Crippen LogP contribution is -1.93. The molecule has 0 saturated carbocycles. The van der Waals surface area contributed by atoms with Crippen molar-refractivity contribution in [3.05, 3.63) is 6.42 Å². The molecule has 9 heavy (non-hydrogen) atoms. The molecule has 1 aliphatic rings. The van der Waals surface area contributed by atoms with Gasteiger partial charge in [-0.15, -0.1) is 5.92 Å². The molecule has 1 radical (unpaired) electrons. The minimum atomic E-state index is 0.533. The molecule has 0 amide bonds. The average molecular weight is 121 g/mol. The highest BCUT2D eigenvalue weighted by molar-refractivity contribution is 5.07. The van der Waals surface area contributed by atoms with Gasteiger partial charge in [0.2, 0.25) is 0 Å². The fourth-order valence-corrected chi connectivity index (χ4v) is 1.02. The summed E-state index contributed by atoms with van der Waals surface area (Å²) >= 11 is 0. The SMILES string of the molecule is CC1C#CCCCC[CH]1. The van der Waals surface area contributed by atoms with Crippen LogP contribution in [-0.4, -0.2) is 0 Å². The lowest BCUT2D eigenvalue weighted by molar-refractivity contribution is 0.685. The molecule has 0 aromatic rings. The van der Waals surface area contributed by atoms with Crippen LogP contribution in [0.1, 0.15) is 32.6 Å². The van der Waals surface area contributed by atoms with Gasteiger partial charge in [0.15, 0.2) is 0 Å². The molecule has 0 heteroatoms. The van der Waals surface area contributed by atoms with Crippen molar-refractivity contribution >= 4 is 0 Å². The van der Waals surface area contributed by atoms with Crippen molar-refractivity contribution in [1.82, 2.24) is 0 Å². The van der Waals surface area contributed by atoms with Gasteiger partial charge in [0.05, 0.1) is 0 Å². The number of hydrogen-bond acceptors (Lipinski definition) is 0. The summed E-state index contributed by atoms with van der Waals surface area (Å²) in [6, 6.07) is 0. The summed E-state index contributed by atoms with van der Waals surface area (Å²) < 4.78 is 0. The molecule has 0 saturated heterocycles. The van der Waals surface area contributed by atoms with E-state index in [1.165, 1.54) is 19.3 Å². The van der Waals surface area contributed by atoms with Crippen LogP contribution in [-0.2, 0) is 0 Å². The van der Waals surface area contributed by atoms with Crippen molar-refractivity contribution in [2.75, 3.05) is 0 Å². The highest BCUT2D eigenvalue weighted by atomic mass is 14.0. The summed E-state index contributed by atoms with van der Waals surface area (Å²) in [5.41, 5.74) is 0. The molecular weight excluding hydrogens is 108 g/mol. The maximum atomic E-state index is 3.18. The molecule has 0 nitrogen and oxygen atoms in total. The van der Waals surface area contributed by atoms with Gasteiger partial charge in [-0.05, 0) is 19.3 Å². The van der Waals surface area contributed by atoms with Gasteiger partial charge in [-0.3, -0.25) is 0 Å². The van der Waals surface area contributed by atoms with Gasteiger partial charge >= 0.3 is 0 Å². The standard InChI is InChI=1S/C9H13/c1-9-7-5-3-2-4-6-8-9/h7,9H,2-5H2,1H3. The number of rotatable bonds is 0. The van der Waals surface area contributed by atoms with Crippen LogP contribution < -0.4 is 0 Å². The Bertz CT molecular complexity index is 125. The summed E-state index contributed by atoms with van der Waals surface area (Å²) in [4.78, 5) is 0. The molecule has 49 valence electrons. The normalized spacial score (nSPS) is 27.4. The molecule has 1 aliphatic carbocycles. The summed E-state index contributed by atoms with van der Waals surface area (Å²) in [6.07, 6.45) is 7.30. The Kier molecular flexibility index (Phi) is 2.64. The second-order valence-electron chi connectivity index (χ2n) is 2.59. The van der Waals surface area contributed by atoms with Gasteiger partial charge in [0, 0.05) is 12.3 Å². The van der Waals surface area contributed by atoms with Crippen LogP contribution in [0, 0.1) is 24.2 Å². The van der Waals surface area contributed by atoms with E-state index in [1.54, 1.807) is 0 Å². The van der Waals surface area contributed by atoms with Crippen LogP contribution in [0.5, 0.6) is 0 Å². The van der Waals surface area contributed by atoms with Gasteiger partial charge < -0.3 is 0 Å². The molecule has 0 aliphatic heterocycles. The topological polar surface area (TPSA) is 0 Å². The summed E-state index contributed by atoms with van der Waals surface area (Å²) in [5.74, 6) is 6.87. The minimum Gasteiger partial charge on any atom is -0.103 e. The van der Waals surface area contributed by atoms with E-state index in [0.717, 1.165) is 6.42 Å². The Labute approximate surface area is 57.7 Å². The van der Waals surface area contributed by atoms with Crippen LogP contribution in [0.3, 0.4) is 0 Å². The van der Waals surface area contributed by atoms with E-state index in [1.807, 2.05) is 0 Å². The predicted octanol–water partition coefficient (Wildman–Crippen LogP) is 2.40. The van der Waals surface area contributed by atoms with E-state index in [-0.39, 0.29) is 0 Å². The molecule has 1 rings (SSSR count). The molecule has 0 aromatic carbocycles. The molecule has 0 spiro atoms. The highest BCUT2D eigenvalue weighted by Gasteiger charge is 1.98. The van der Waals surface area contributed by atoms with Crippen LogP contribution in [0.4, 0.5) is 0 Å². The van der Waals surface area contributed by atoms with E-state index in [4.69, 9.17) is 0 Å². The second kappa shape index (κ2) is 3.56. The van der Waals surface area contributed by atoms with Crippen molar-refractivity contribution in [2.24, 2.45) is 5.92 Å². The van der Waals surface area contributed by atoms with Crippen molar-refractivity contribution in [1.29, 1.82) is 0 Å². The predicted molar refractivity (Wildman–Crippen MR) is 39.7 cm³/mol. The maximum absolute atomic E-state index is 3.18. The lowest BCUT2D eigenvalue weighted by atomic mass is 10.0.